The van der Waals surface area contributed by atoms with Crippen LogP contribution in [-0.4, -0.2) is 26.8 Å². The number of aliphatic imine (C=N–C) groups is 1. The first-order chi connectivity index (χ1) is 13.4. The molecule has 1 aliphatic rings. The van der Waals surface area contributed by atoms with Crippen LogP contribution < -0.4 is 0 Å². The summed E-state index contributed by atoms with van der Waals surface area (Å²) in [6, 6.07) is 7.79. The minimum Gasteiger partial charge on any atom is -0.442 e. The van der Waals surface area contributed by atoms with Crippen LogP contribution in [0.3, 0.4) is 0 Å². The first kappa shape index (κ1) is 17.2. The van der Waals surface area contributed by atoms with Crippen molar-refractivity contribution in [1.82, 2.24) is 15.2 Å². The minimum atomic E-state index is -3.26. The van der Waals surface area contributed by atoms with Gasteiger partial charge >= 0.3 is 0 Å². The van der Waals surface area contributed by atoms with E-state index in [1.807, 2.05) is 0 Å². The number of nitrogens with zero attached hydrogens (tertiary/aromatic N) is 3. The summed E-state index contributed by atoms with van der Waals surface area (Å²) in [6.07, 6.45) is 2.07. The molecule has 0 fully saturated rings. The number of aromatic nitrogens is 3. The van der Waals surface area contributed by atoms with Crippen LogP contribution in [0.25, 0.3) is 22.4 Å². The van der Waals surface area contributed by atoms with Gasteiger partial charge in [0.2, 0.25) is 0 Å². The van der Waals surface area contributed by atoms with Crippen LogP contribution in [0, 0.1) is 5.82 Å². The Morgan fingerprint density at radius 2 is 2.07 bits per heavy atom. The van der Waals surface area contributed by atoms with Gasteiger partial charge in [0.15, 0.2) is 12.2 Å². The predicted octanol–water partition coefficient (Wildman–Crippen LogP) is 5.43. The molecular formula is C19H10BrF3N4O. The molecule has 1 aliphatic carbocycles. The van der Waals surface area contributed by atoms with Crippen LogP contribution in [-0.2, 0) is 6.42 Å². The van der Waals surface area contributed by atoms with Crippen molar-refractivity contribution in [1.29, 1.82) is 0 Å². The van der Waals surface area contributed by atoms with Gasteiger partial charge in [0.1, 0.15) is 17.2 Å². The molecule has 2 heterocycles. The van der Waals surface area contributed by atoms with E-state index in [9.17, 15) is 13.2 Å². The monoisotopic (exact) mass is 446 g/mol. The van der Waals surface area contributed by atoms with E-state index in [1.54, 1.807) is 18.2 Å². The summed E-state index contributed by atoms with van der Waals surface area (Å²) in [6.45, 7) is 0. The van der Waals surface area contributed by atoms with Crippen molar-refractivity contribution in [3.8, 4) is 11.5 Å². The number of alkyl halides is 2. The summed E-state index contributed by atoms with van der Waals surface area (Å²) >= 11 is 3.04. The van der Waals surface area contributed by atoms with Crippen LogP contribution in [0.5, 0.6) is 0 Å². The first-order valence-electron chi connectivity index (χ1n) is 8.25. The number of rotatable bonds is 2. The van der Waals surface area contributed by atoms with Crippen molar-refractivity contribution in [3.63, 3.8) is 0 Å². The largest absolute Gasteiger partial charge is 0.442 e. The molecule has 2 aromatic heterocycles. The van der Waals surface area contributed by atoms with Gasteiger partial charge < -0.3 is 4.42 Å². The van der Waals surface area contributed by atoms with E-state index in [0.717, 1.165) is 0 Å². The molecule has 2 aromatic carbocycles. The molecule has 1 N–H and O–H groups in total. The van der Waals surface area contributed by atoms with Gasteiger partial charge in [-0.15, -0.1) is 0 Å². The lowest BCUT2D eigenvalue weighted by molar-refractivity contribution is 0.0843. The van der Waals surface area contributed by atoms with Crippen molar-refractivity contribution in [2.24, 2.45) is 4.99 Å². The Balaban J connectivity index is 1.66. The molecular weight excluding hydrogens is 437 g/mol. The molecule has 0 saturated heterocycles. The number of nitrogens with one attached hydrogen (secondary N) is 1. The van der Waals surface area contributed by atoms with Gasteiger partial charge in [-0.25, -0.2) is 14.4 Å². The molecule has 0 spiro atoms. The second-order valence-electron chi connectivity index (χ2n) is 6.40. The van der Waals surface area contributed by atoms with Crippen molar-refractivity contribution >= 4 is 38.2 Å². The van der Waals surface area contributed by atoms with Crippen LogP contribution in [0.4, 0.5) is 18.9 Å². The van der Waals surface area contributed by atoms with Gasteiger partial charge in [0.25, 0.3) is 5.92 Å². The minimum absolute atomic E-state index is 0.0372. The Kier molecular flexibility index (Phi) is 3.70. The fraction of sp³-hybridized carbons (Fsp3) is 0.105. The second-order valence-corrected chi connectivity index (χ2v) is 7.25. The predicted molar refractivity (Wildman–Crippen MR) is 101 cm³/mol. The van der Waals surface area contributed by atoms with Crippen LogP contribution >= 0.6 is 15.9 Å². The zero-order chi connectivity index (χ0) is 19.5. The van der Waals surface area contributed by atoms with Gasteiger partial charge in [-0.05, 0) is 40.2 Å². The van der Waals surface area contributed by atoms with Gasteiger partial charge in [0, 0.05) is 22.9 Å². The smallest absolute Gasteiger partial charge is 0.294 e. The van der Waals surface area contributed by atoms with E-state index < -0.39 is 23.9 Å². The average Bonchev–Trinajstić information content (AvgIpc) is 3.37. The van der Waals surface area contributed by atoms with Crippen LogP contribution in [0.1, 0.15) is 11.1 Å². The summed E-state index contributed by atoms with van der Waals surface area (Å²) in [7, 11) is 0. The molecule has 0 unspecified atom stereocenters. The molecule has 0 aliphatic heterocycles. The summed E-state index contributed by atoms with van der Waals surface area (Å²) in [5.74, 6) is -3.50. The maximum atomic E-state index is 14.6. The Bertz CT molecular complexity index is 1250. The number of benzene rings is 2. The highest BCUT2D eigenvalue weighted by Crippen LogP contribution is 2.40. The molecule has 5 rings (SSSR count). The van der Waals surface area contributed by atoms with E-state index in [4.69, 9.17) is 4.42 Å². The molecule has 140 valence electrons. The fourth-order valence-electron chi connectivity index (χ4n) is 3.35. The standard InChI is InChI=1S/C19H10BrF3N4O/c20-13-3-2-10-12(16(13)21)6-19(22,23)18(10)25-9-1-4-14-11(5-9)17(27-26-14)15-7-24-8-28-15/h1-5,7-8H,6H2,(H,26,27). The van der Waals surface area contributed by atoms with Crippen molar-refractivity contribution < 1.29 is 17.6 Å². The Morgan fingerprint density at radius 3 is 2.86 bits per heavy atom. The van der Waals surface area contributed by atoms with E-state index >= 15 is 0 Å². The highest BCUT2D eigenvalue weighted by molar-refractivity contribution is 9.10. The Morgan fingerprint density at radius 1 is 1.21 bits per heavy atom. The van der Waals surface area contributed by atoms with Gasteiger partial charge in [-0.2, -0.15) is 13.9 Å². The van der Waals surface area contributed by atoms with E-state index in [1.165, 1.54) is 24.7 Å². The Hall–Kier alpha value is -2.94. The number of halogens is 4. The third-order valence-corrected chi connectivity index (χ3v) is 5.26. The maximum absolute atomic E-state index is 14.6. The molecule has 0 saturated carbocycles. The molecule has 0 bridgehead atoms. The molecule has 0 radical (unpaired) electrons. The van der Waals surface area contributed by atoms with Crippen molar-refractivity contribution in [2.75, 3.05) is 0 Å². The van der Waals surface area contributed by atoms with Crippen molar-refractivity contribution in [3.05, 3.63) is 64.3 Å². The lowest BCUT2D eigenvalue weighted by Gasteiger charge is -2.10. The van der Waals surface area contributed by atoms with Gasteiger partial charge in [-0.1, -0.05) is 6.07 Å². The van der Waals surface area contributed by atoms with Crippen LogP contribution in [0.15, 0.2) is 56.8 Å². The summed E-state index contributed by atoms with van der Waals surface area (Å²) in [5, 5.41) is 7.69. The highest BCUT2D eigenvalue weighted by atomic mass is 79.9. The number of hydrogen-bond acceptors (Lipinski definition) is 4. The number of aromatic amines is 1. The summed E-state index contributed by atoms with van der Waals surface area (Å²) in [4.78, 5) is 8.04. The summed E-state index contributed by atoms with van der Waals surface area (Å²) < 4.78 is 48.9. The number of oxazole rings is 1. The van der Waals surface area contributed by atoms with Gasteiger partial charge in [-0.3, -0.25) is 5.10 Å². The topological polar surface area (TPSA) is 67.1 Å². The molecule has 28 heavy (non-hydrogen) atoms. The zero-order valence-electron chi connectivity index (χ0n) is 14.0. The van der Waals surface area contributed by atoms with E-state index in [-0.39, 0.29) is 15.6 Å². The lowest BCUT2D eigenvalue weighted by Crippen LogP contribution is -2.24. The first-order valence-corrected chi connectivity index (χ1v) is 9.04. The summed E-state index contributed by atoms with van der Waals surface area (Å²) in [5.41, 5.74) is 1.14. The third-order valence-electron chi connectivity index (χ3n) is 4.65. The zero-order valence-corrected chi connectivity index (χ0v) is 15.6. The molecule has 9 heteroatoms. The molecule has 4 aromatic rings. The van der Waals surface area contributed by atoms with Crippen molar-refractivity contribution in [2.45, 2.75) is 12.3 Å². The average molecular weight is 447 g/mol. The SMILES string of the molecule is Fc1c(Br)ccc2c1CC(F)(F)C2=Nc1ccc2[nH]nc(-c3cnco3)c2c1. The van der Waals surface area contributed by atoms with E-state index in [0.29, 0.717) is 28.0 Å². The number of hydrogen-bond donors (Lipinski definition) is 1. The quantitative estimate of drug-likeness (QED) is 0.446. The lowest BCUT2D eigenvalue weighted by atomic mass is 10.1. The highest BCUT2D eigenvalue weighted by Gasteiger charge is 2.46. The van der Waals surface area contributed by atoms with Crippen LogP contribution in [0.2, 0.25) is 0 Å². The maximum Gasteiger partial charge on any atom is 0.294 e. The number of fused-ring (bicyclic) bond motifs is 2. The second kappa shape index (κ2) is 6.03. The Labute approximate surface area is 164 Å². The third kappa shape index (κ3) is 2.57. The molecule has 0 atom stereocenters. The molecule has 5 nitrogen and oxygen atoms in total. The molecule has 0 amide bonds. The normalized spacial score (nSPS) is 16.8. The number of H-pyrrole nitrogens is 1. The van der Waals surface area contributed by atoms with Gasteiger partial charge in [0.05, 0.1) is 21.9 Å². The fourth-order valence-corrected chi connectivity index (χ4v) is 3.72. The van der Waals surface area contributed by atoms with E-state index in [2.05, 4.69) is 36.1 Å².